The Morgan fingerprint density at radius 1 is 1.41 bits per heavy atom. The number of nitrogens with zero attached hydrogens (tertiary/aromatic N) is 2. The smallest absolute Gasteiger partial charge is 0.0658 e. The summed E-state index contributed by atoms with van der Waals surface area (Å²) in [5.74, 6) is 0. The molecular weight excluding hydrogens is 214 g/mol. The van der Waals surface area contributed by atoms with Gasteiger partial charge in [-0.2, -0.15) is 5.10 Å². The van der Waals surface area contributed by atoms with Gasteiger partial charge in [-0.05, 0) is 30.2 Å². The third kappa shape index (κ3) is 2.65. The lowest BCUT2D eigenvalue weighted by atomic mass is 10.0. The summed E-state index contributed by atoms with van der Waals surface area (Å²) in [4.78, 5) is 0. The Labute approximate surface area is 101 Å². The monoisotopic (exact) mass is 231 g/mol. The molecule has 0 atom stereocenters. The molecule has 2 aromatic rings. The number of hydrogen-bond acceptors (Lipinski definition) is 3. The molecule has 90 valence electrons. The van der Waals surface area contributed by atoms with E-state index < -0.39 is 0 Å². The van der Waals surface area contributed by atoms with Gasteiger partial charge in [-0.3, -0.25) is 4.68 Å². The number of anilines is 1. The predicted molar refractivity (Wildman–Crippen MR) is 68.7 cm³/mol. The predicted octanol–water partition coefficient (Wildman–Crippen LogP) is 2.09. The van der Waals surface area contributed by atoms with E-state index in [1.54, 1.807) is 7.11 Å². The van der Waals surface area contributed by atoms with Crippen molar-refractivity contribution < 1.29 is 4.74 Å². The van der Waals surface area contributed by atoms with E-state index in [0.717, 1.165) is 23.4 Å². The van der Waals surface area contributed by atoms with Crippen molar-refractivity contribution in [2.75, 3.05) is 19.5 Å². The number of benzene rings is 1. The summed E-state index contributed by atoms with van der Waals surface area (Å²) in [5, 5.41) is 4.30. The molecule has 0 fully saturated rings. The van der Waals surface area contributed by atoms with Crippen LogP contribution in [0.15, 0.2) is 30.6 Å². The Morgan fingerprint density at radius 3 is 3.00 bits per heavy atom. The summed E-state index contributed by atoms with van der Waals surface area (Å²) in [7, 11) is 1.69. The molecule has 1 aromatic carbocycles. The highest BCUT2D eigenvalue weighted by atomic mass is 16.5. The highest BCUT2D eigenvalue weighted by Gasteiger charge is 2.05. The van der Waals surface area contributed by atoms with Gasteiger partial charge in [0.15, 0.2) is 0 Å². The molecule has 0 bridgehead atoms. The van der Waals surface area contributed by atoms with Crippen LogP contribution >= 0.6 is 0 Å². The first-order valence-corrected chi connectivity index (χ1v) is 5.58. The van der Waals surface area contributed by atoms with Gasteiger partial charge in [-0.25, -0.2) is 0 Å². The summed E-state index contributed by atoms with van der Waals surface area (Å²) < 4.78 is 6.90. The maximum atomic E-state index is 5.80. The zero-order valence-corrected chi connectivity index (χ0v) is 10.2. The van der Waals surface area contributed by atoms with Crippen LogP contribution in [-0.2, 0) is 11.3 Å². The molecule has 0 spiro atoms. The fourth-order valence-electron chi connectivity index (χ4n) is 1.76. The van der Waals surface area contributed by atoms with Gasteiger partial charge in [0.1, 0.15) is 0 Å². The first-order chi connectivity index (χ1) is 8.20. The molecule has 1 aromatic heterocycles. The molecule has 0 aliphatic rings. The third-order valence-electron chi connectivity index (χ3n) is 2.73. The van der Waals surface area contributed by atoms with E-state index in [1.165, 1.54) is 5.56 Å². The number of ether oxygens (including phenoxy) is 1. The van der Waals surface area contributed by atoms with Crippen molar-refractivity contribution in [1.29, 1.82) is 0 Å². The zero-order chi connectivity index (χ0) is 12.3. The summed E-state index contributed by atoms with van der Waals surface area (Å²) in [6.45, 7) is 3.50. The van der Waals surface area contributed by atoms with Crippen molar-refractivity contribution in [2.24, 2.45) is 0 Å². The Bertz CT molecular complexity index is 505. The Morgan fingerprint density at radius 2 is 2.24 bits per heavy atom. The molecule has 4 nitrogen and oxygen atoms in total. The summed E-state index contributed by atoms with van der Waals surface area (Å²) in [5.41, 5.74) is 10.00. The lowest BCUT2D eigenvalue weighted by Crippen LogP contribution is -2.03. The molecule has 0 saturated carbocycles. The molecule has 0 saturated heterocycles. The van der Waals surface area contributed by atoms with Crippen molar-refractivity contribution in [3.05, 3.63) is 36.2 Å². The molecule has 0 radical (unpaired) electrons. The number of methoxy groups -OCH3 is 1. The highest BCUT2D eigenvalue weighted by Crippen LogP contribution is 2.24. The van der Waals surface area contributed by atoms with Gasteiger partial charge in [0.2, 0.25) is 0 Å². The van der Waals surface area contributed by atoms with Crippen LogP contribution in [0.5, 0.6) is 0 Å². The summed E-state index contributed by atoms with van der Waals surface area (Å²) in [6, 6.07) is 5.92. The van der Waals surface area contributed by atoms with Gasteiger partial charge in [-0.15, -0.1) is 0 Å². The molecule has 1 heterocycles. The molecule has 0 amide bonds. The summed E-state index contributed by atoms with van der Waals surface area (Å²) >= 11 is 0. The van der Waals surface area contributed by atoms with Gasteiger partial charge in [-0.1, -0.05) is 6.07 Å². The number of rotatable bonds is 4. The maximum absolute atomic E-state index is 5.80. The van der Waals surface area contributed by atoms with Gasteiger partial charge < -0.3 is 10.5 Å². The standard InChI is InChI=1S/C13H17N3O/c1-10-3-4-12(14)7-13(10)11-8-15-16(9-11)5-6-17-2/h3-4,7-9H,5-6,14H2,1-2H3. The van der Waals surface area contributed by atoms with Gasteiger partial charge in [0.25, 0.3) is 0 Å². The largest absolute Gasteiger partial charge is 0.399 e. The first kappa shape index (κ1) is 11.7. The average Bonchev–Trinajstić information content (AvgIpc) is 2.78. The average molecular weight is 231 g/mol. The number of hydrogen-bond donors (Lipinski definition) is 1. The lowest BCUT2D eigenvalue weighted by Gasteiger charge is -2.04. The van der Waals surface area contributed by atoms with E-state index in [0.29, 0.717) is 6.61 Å². The molecule has 0 aliphatic heterocycles. The van der Waals surface area contributed by atoms with Crippen molar-refractivity contribution in [3.8, 4) is 11.1 Å². The second kappa shape index (κ2) is 5.01. The van der Waals surface area contributed by atoms with Crippen LogP contribution in [0.25, 0.3) is 11.1 Å². The van der Waals surface area contributed by atoms with Crippen molar-refractivity contribution in [3.63, 3.8) is 0 Å². The minimum atomic E-state index is 0.664. The van der Waals surface area contributed by atoms with Gasteiger partial charge in [0.05, 0.1) is 19.3 Å². The fourth-order valence-corrected chi connectivity index (χ4v) is 1.76. The minimum absolute atomic E-state index is 0.664. The Hall–Kier alpha value is -1.81. The van der Waals surface area contributed by atoms with Crippen LogP contribution in [0.4, 0.5) is 5.69 Å². The van der Waals surface area contributed by atoms with Gasteiger partial charge >= 0.3 is 0 Å². The molecule has 0 aliphatic carbocycles. The quantitative estimate of drug-likeness (QED) is 0.820. The van der Waals surface area contributed by atoms with Crippen LogP contribution in [0.3, 0.4) is 0 Å². The van der Waals surface area contributed by atoms with E-state index in [4.69, 9.17) is 10.5 Å². The number of nitrogens with two attached hydrogens (primary N) is 1. The Balaban J connectivity index is 2.27. The molecule has 0 unspecified atom stereocenters. The molecule has 17 heavy (non-hydrogen) atoms. The topological polar surface area (TPSA) is 53.1 Å². The lowest BCUT2D eigenvalue weighted by molar-refractivity contribution is 0.183. The van der Waals surface area contributed by atoms with E-state index in [-0.39, 0.29) is 0 Å². The second-order valence-electron chi connectivity index (χ2n) is 4.06. The molecule has 2 N–H and O–H groups in total. The van der Waals surface area contributed by atoms with Crippen LogP contribution < -0.4 is 5.73 Å². The van der Waals surface area contributed by atoms with Crippen LogP contribution in [0.2, 0.25) is 0 Å². The van der Waals surface area contributed by atoms with Crippen molar-refractivity contribution >= 4 is 5.69 Å². The molecule has 2 rings (SSSR count). The fraction of sp³-hybridized carbons (Fsp3) is 0.308. The number of aromatic nitrogens is 2. The number of nitrogen functional groups attached to an aromatic ring is 1. The Kier molecular flexibility index (Phi) is 3.44. The zero-order valence-electron chi connectivity index (χ0n) is 10.2. The highest BCUT2D eigenvalue weighted by molar-refractivity contribution is 5.69. The minimum Gasteiger partial charge on any atom is -0.399 e. The van der Waals surface area contributed by atoms with Crippen molar-refractivity contribution in [1.82, 2.24) is 9.78 Å². The third-order valence-corrected chi connectivity index (χ3v) is 2.73. The van der Waals surface area contributed by atoms with E-state index in [2.05, 4.69) is 12.0 Å². The van der Waals surface area contributed by atoms with Crippen LogP contribution in [0.1, 0.15) is 5.56 Å². The van der Waals surface area contributed by atoms with E-state index >= 15 is 0 Å². The van der Waals surface area contributed by atoms with Crippen molar-refractivity contribution in [2.45, 2.75) is 13.5 Å². The number of aryl methyl sites for hydroxylation is 1. The van der Waals surface area contributed by atoms with Gasteiger partial charge in [0, 0.05) is 24.6 Å². The second-order valence-corrected chi connectivity index (χ2v) is 4.06. The van der Waals surface area contributed by atoms with E-state index in [1.807, 2.05) is 35.3 Å². The molecule has 4 heteroatoms. The SMILES string of the molecule is COCCn1cc(-c2cc(N)ccc2C)cn1. The van der Waals surface area contributed by atoms with Crippen LogP contribution in [-0.4, -0.2) is 23.5 Å². The normalized spacial score (nSPS) is 10.7. The maximum Gasteiger partial charge on any atom is 0.0658 e. The first-order valence-electron chi connectivity index (χ1n) is 5.58. The van der Waals surface area contributed by atoms with Crippen LogP contribution in [0, 0.1) is 6.92 Å². The van der Waals surface area contributed by atoms with E-state index in [9.17, 15) is 0 Å². The molecular formula is C13H17N3O. The summed E-state index contributed by atoms with van der Waals surface area (Å²) in [6.07, 6.45) is 3.87.